The summed E-state index contributed by atoms with van der Waals surface area (Å²) in [7, 11) is 0. The molecule has 1 amide bonds. The predicted molar refractivity (Wildman–Crippen MR) is 69.9 cm³/mol. The molecule has 0 bridgehead atoms. The van der Waals surface area contributed by atoms with Crippen LogP contribution in [-0.4, -0.2) is 21.9 Å². The molecular formula is C13H20N4O. The van der Waals surface area contributed by atoms with Gasteiger partial charge in [0.15, 0.2) is 0 Å². The number of nitrogens with one attached hydrogen (secondary N) is 1. The van der Waals surface area contributed by atoms with Crippen LogP contribution in [0.25, 0.3) is 0 Å². The summed E-state index contributed by atoms with van der Waals surface area (Å²) in [6.07, 6.45) is 8.67. The lowest BCUT2D eigenvalue weighted by atomic mass is 9.83. The molecule has 1 aromatic rings. The van der Waals surface area contributed by atoms with Gasteiger partial charge in [0.1, 0.15) is 11.5 Å². The lowest BCUT2D eigenvalue weighted by Gasteiger charge is -2.31. The molecule has 1 aliphatic rings. The first-order valence-electron chi connectivity index (χ1n) is 6.59. The Kier molecular flexibility index (Phi) is 4.12. The van der Waals surface area contributed by atoms with Crippen molar-refractivity contribution in [3.63, 3.8) is 0 Å². The van der Waals surface area contributed by atoms with E-state index >= 15 is 0 Å². The molecule has 2 atom stereocenters. The molecular weight excluding hydrogens is 228 g/mol. The Hall–Kier alpha value is -1.65. The zero-order valence-corrected chi connectivity index (χ0v) is 10.7. The number of nitrogens with zero attached hydrogens (tertiary/aromatic N) is 2. The van der Waals surface area contributed by atoms with E-state index in [-0.39, 0.29) is 11.9 Å². The van der Waals surface area contributed by atoms with E-state index in [1.165, 1.54) is 31.7 Å². The van der Waals surface area contributed by atoms with Gasteiger partial charge in [-0.05, 0) is 18.8 Å². The first-order chi connectivity index (χ1) is 8.70. The van der Waals surface area contributed by atoms with Crippen molar-refractivity contribution < 1.29 is 4.79 Å². The second-order valence-corrected chi connectivity index (χ2v) is 4.86. The van der Waals surface area contributed by atoms with Crippen molar-refractivity contribution in [2.45, 2.75) is 45.1 Å². The van der Waals surface area contributed by atoms with Crippen molar-refractivity contribution in [3.05, 3.63) is 18.1 Å². The monoisotopic (exact) mass is 248 g/mol. The molecule has 5 heteroatoms. The van der Waals surface area contributed by atoms with E-state index in [9.17, 15) is 4.79 Å². The fourth-order valence-electron chi connectivity index (χ4n) is 2.58. The highest BCUT2D eigenvalue weighted by Gasteiger charge is 2.25. The molecule has 5 nitrogen and oxygen atoms in total. The van der Waals surface area contributed by atoms with Gasteiger partial charge in [0.2, 0.25) is 0 Å². The Labute approximate surface area is 107 Å². The number of aromatic nitrogens is 2. The van der Waals surface area contributed by atoms with E-state index < -0.39 is 0 Å². The Balaban J connectivity index is 1.99. The van der Waals surface area contributed by atoms with Crippen LogP contribution in [0, 0.1) is 5.92 Å². The van der Waals surface area contributed by atoms with Gasteiger partial charge in [-0.1, -0.05) is 26.2 Å². The van der Waals surface area contributed by atoms with Crippen LogP contribution < -0.4 is 11.1 Å². The van der Waals surface area contributed by atoms with Gasteiger partial charge >= 0.3 is 0 Å². The number of nitrogen functional groups attached to an aromatic ring is 1. The summed E-state index contributed by atoms with van der Waals surface area (Å²) in [6.45, 7) is 2.18. The minimum absolute atomic E-state index is 0.146. The molecule has 18 heavy (non-hydrogen) atoms. The summed E-state index contributed by atoms with van der Waals surface area (Å²) in [4.78, 5) is 19.9. The number of anilines is 1. The van der Waals surface area contributed by atoms with Gasteiger partial charge in [0, 0.05) is 6.04 Å². The highest BCUT2D eigenvalue weighted by molar-refractivity contribution is 5.92. The van der Waals surface area contributed by atoms with Crippen LogP contribution in [0.3, 0.4) is 0 Å². The third-order valence-electron chi connectivity index (χ3n) is 3.65. The van der Waals surface area contributed by atoms with Crippen LogP contribution >= 0.6 is 0 Å². The summed E-state index contributed by atoms with van der Waals surface area (Å²) >= 11 is 0. The van der Waals surface area contributed by atoms with E-state index in [1.807, 2.05) is 0 Å². The Morgan fingerprint density at radius 1 is 1.39 bits per heavy atom. The lowest BCUT2D eigenvalue weighted by Crippen LogP contribution is -2.42. The second-order valence-electron chi connectivity index (χ2n) is 4.86. The summed E-state index contributed by atoms with van der Waals surface area (Å²) < 4.78 is 0. The molecule has 1 fully saturated rings. The Bertz CT molecular complexity index is 404. The minimum atomic E-state index is -0.146. The number of carbonyl (C=O) groups is 1. The van der Waals surface area contributed by atoms with Crippen molar-refractivity contribution in [3.8, 4) is 0 Å². The van der Waals surface area contributed by atoms with E-state index in [2.05, 4.69) is 22.2 Å². The van der Waals surface area contributed by atoms with Gasteiger partial charge in [0.25, 0.3) is 5.91 Å². The summed E-state index contributed by atoms with van der Waals surface area (Å²) in [5, 5.41) is 3.07. The first kappa shape index (κ1) is 12.8. The summed E-state index contributed by atoms with van der Waals surface area (Å²) in [5.74, 6) is 0.771. The number of amides is 1. The quantitative estimate of drug-likeness (QED) is 0.854. The molecule has 0 spiro atoms. The van der Waals surface area contributed by atoms with Crippen LogP contribution in [0.2, 0.25) is 0 Å². The van der Waals surface area contributed by atoms with Crippen molar-refractivity contribution in [1.82, 2.24) is 15.3 Å². The molecule has 0 saturated heterocycles. The Morgan fingerprint density at radius 3 is 2.83 bits per heavy atom. The van der Waals surface area contributed by atoms with E-state index in [1.54, 1.807) is 0 Å². The highest BCUT2D eigenvalue weighted by Crippen LogP contribution is 2.26. The van der Waals surface area contributed by atoms with E-state index in [0.717, 1.165) is 12.8 Å². The number of hydrogen-bond acceptors (Lipinski definition) is 4. The third kappa shape index (κ3) is 2.97. The SMILES string of the molecule is CCC1CCCCC1NC(=O)c1cnc(N)cn1. The molecule has 3 N–H and O–H groups in total. The zero-order valence-electron chi connectivity index (χ0n) is 10.7. The molecule has 2 unspecified atom stereocenters. The fourth-order valence-corrected chi connectivity index (χ4v) is 2.58. The highest BCUT2D eigenvalue weighted by atomic mass is 16.1. The summed E-state index contributed by atoms with van der Waals surface area (Å²) in [5.41, 5.74) is 5.79. The van der Waals surface area contributed by atoms with E-state index in [0.29, 0.717) is 17.4 Å². The second kappa shape index (κ2) is 5.80. The van der Waals surface area contributed by atoms with Gasteiger partial charge in [-0.3, -0.25) is 4.79 Å². The molecule has 0 aliphatic heterocycles. The smallest absolute Gasteiger partial charge is 0.271 e. The molecule has 2 rings (SSSR count). The standard InChI is InChI=1S/C13H20N4O/c1-2-9-5-3-4-6-10(9)17-13(18)11-7-16-12(14)8-15-11/h7-10H,2-6H2,1H3,(H2,14,16)(H,17,18). The predicted octanol–water partition coefficient (Wildman–Crippen LogP) is 1.76. The molecule has 1 aromatic heterocycles. The van der Waals surface area contributed by atoms with Crippen molar-refractivity contribution >= 4 is 11.7 Å². The number of rotatable bonds is 3. The van der Waals surface area contributed by atoms with Crippen molar-refractivity contribution in [1.29, 1.82) is 0 Å². The van der Waals surface area contributed by atoms with Crippen LogP contribution in [0.4, 0.5) is 5.82 Å². The largest absolute Gasteiger partial charge is 0.382 e. The Morgan fingerprint density at radius 2 is 2.17 bits per heavy atom. The number of carbonyl (C=O) groups excluding carboxylic acids is 1. The number of hydrogen-bond donors (Lipinski definition) is 2. The fraction of sp³-hybridized carbons (Fsp3) is 0.615. The molecule has 98 valence electrons. The van der Waals surface area contributed by atoms with Crippen LogP contribution in [0.15, 0.2) is 12.4 Å². The molecule has 0 radical (unpaired) electrons. The topological polar surface area (TPSA) is 80.9 Å². The van der Waals surface area contributed by atoms with Crippen molar-refractivity contribution in [2.75, 3.05) is 5.73 Å². The van der Waals surface area contributed by atoms with Crippen LogP contribution in [0.5, 0.6) is 0 Å². The van der Waals surface area contributed by atoms with Gasteiger partial charge in [0.05, 0.1) is 12.4 Å². The lowest BCUT2D eigenvalue weighted by molar-refractivity contribution is 0.0899. The minimum Gasteiger partial charge on any atom is -0.382 e. The van der Waals surface area contributed by atoms with Crippen LogP contribution in [0.1, 0.15) is 49.5 Å². The van der Waals surface area contributed by atoms with Gasteiger partial charge < -0.3 is 11.1 Å². The van der Waals surface area contributed by atoms with Gasteiger partial charge in [-0.15, -0.1) is 0 Å². The maximum atomic E-state index is 12.0. The van der Waals surface area contributed by atoms with E-state index in [4.69, 9.17) is 5.73 Å². The maximum Gasteiger partial charge on any atom is 0.271 e. The molecule has 1 saturated carbocycles. The first-order valence-corrected chi connectivity index (χ1v) is 6.59. The van der Waals surface area contributed by atoms with Crippen LogP contribution in [-0.2, 0) is 0 Å². The maximum absolute atomic E-state index is 12.0. The molecule has 1 heterocycles. The normalized spacial score (nSPS) is 23.6. The average molecular weight is 248 g/mol. The molecule has 0 aromatic carbocycles. The van der Waals surface area contributed by atoms with Crippen molar-refractivity contribution in [2.24, 2.45) is 5.92 Å². The third-order valence-corrected chi connectivity index (χ3v) is 3.65. The average Bonchev–Trinajstić information content (AvgIpc) is 2.40. The molecule has 1 aliphatic carbocycles. The zero-order chi connectivity index (χ0) is 13.0. The summed E-state index contributed by atoms with van der Waals surface area (Å²) in [6, 6.07) is 0.274. The van der Waals surface area contributed by atoms with Gasteiger partial charge in [-0.25, -0.2) is 9.97 Å². The van der Waals surface area contributed by atoms with Gasteiger partial charge in [-0.2, -0.15) is 0 Å². The number of nitrogens with two attached hydrogens (primary N) is 1.